The molecule has 3 heterocycles. The highest BCUT2D eigenvalue weighted by Crippen LogP contribution is 2.24. The van der Waals surface area contributed by atoms with Crippen molar-refractivity contribution in [1.82, 2.24) is 34.6 Å². The molecular formula is C22H27N7O2. The van der Waals surface area contributed by atoms with Crippen LogP contribution in [0.4, 0.5) is 4.79 Å². The van der Waals surface area contributed by atoms with Crippen LogP contribution < -0.4 is 5.32 Å². The number of carbonyl (C=O) groups is 2. The van der Waals surface area contributed by atoms with Crippen molar-refractivity contribution in [3.63, 3.8) is 0 Å². The smallest absolute Gasteiger partial charge is 0.319 e. The van der Waals surface area contributed by atoms with Gasteiger partial charge in [0.05, 0.1) is 11.6 Å². The van der Waals surface area contributed by atoms with Gasteiger partial charge in [-0.05, 0) is 24.7 Å². The monoisotopic (exact) mass is 421 g/mol. The van der Waals surface area contributed by atoms with Crippen LogP contribution in [0.2, 0.25) is 0 Å². The number of fused-ring (bicyclic) bond motifs is 1. The van der Waals surface area contributed by atoms with Crippen LogP contribution in [0.15, 0.2) is 48.7 Å². The highest BCUT2D eigenvalue weighted by Gasteiger charge is 2.32. The van der Waals surface area contributed by atoms with E-state index < -0.39 is 0 Å². The van der Waals surface area contributed by atoms with Crippen molar-refractivity contribution in [3.05, 3.63) is 65.6 Å². The molecule has 0 radical (unpaired) electrons. The largest absolute Gasteiger partial charge is 0.348 e. The molecule has 1 atom stereocenters. The molecule has 1 aliphatic heterocycles. The number of urea groups is 1. The number of hydrogen-bond donors (Lipinski definition) is 1. The normalized spacial score (nSPS) is 17.0. The van der Waals surface area contributed by atoms with Crippen molar-refractivity contribution in [2.45, 2.75) is 12.6 Å². The molecular weight excluding hydrogens is 394 g/mol. The van der Waals surface area contributed by atoms with Crippen LogP contribution in [0.25, 0.3) is 5.65 Å². The maximum atomic E-state index is 12.7. The third-order valence-electron chi connectivity index (χ3n) is 5.59. The molecule has 0 saturated carbocycles. The van der Waals surface area contributed by atoms with E-state index in [0.29, 0.717) is 36.7 Å². The third kappa shape index (κ3) is 4.36. The minimum absolute atomic E-state index is 0.0205. The van der Waals surface area contributed by atoms with Crippen molar-refractivity contribution in [3.8, 4) is 0 Å². The van der Waals surface area contributed by atoms with E-state index >= 15 is 0 Å². The standard InChI is InChI=1S/C22H27N7O2/c1-26(2)22(31)28-12-11-27(3)18(15-28)20-25-24-19-10-9-17(14-29(19)20)21(30)23-13-16-7-5-4-6-8-16/h4-10,14,18H,11-13,15H2,1-3H3,(H,23,30)/t18-/m0/s1. The van der Waals surface area contributed by atoms with Crippen LogP contribution in [0.1, 0.15) is 27.8 Å². The first-order valence-corrected chi connectivity index (χ1v) is 10.3. The van der Waals surface area contributed by atoms with Gasteiger partial charge in [-0.15, -0.1) is 10.2 Å². The van der Waals surface area contributed by atoms with E-state index in [9.17, 15) is 9.59 Å². The molecule has 0 unspecified atom stereocenters. The summed E-state index contributed by atoms with van der Waals surface area (Å²) in [6, 6.07) is 13.2. The number of nitrogens with one attached hydrogen (secondary N) is 1. The Balaban J connectivity index is 1.56. The number of pyridine rings is 1. The quantitative estimate of drug-likeness (QED) is 0.692. The minimum atomic E-state index is -0.160. The molecule has 1 fully saturated rings. The average Bonchev–Trinajstić information content (AvgIpc) is 3.21. The Morgan fingerprint density at radius 1 is 1.10 bits per heavy atom. The zero-order valence-corrected chi connectivity index (χ0v) is 18.0. The lowest BCUT2D eigenvalue weighted by atomic mass is 10.1. The van der Waals surface area contributed by atoms with E-state index in [1.165, 1.54) is 0 Å². The first-order valence-electron chi connectivity index (χ1n) is 10.3. The Morgan fingerprint density at radius 3 is 2.61 bits per heavy atom. The van der Waals surface area contributed by atoms with E-state index in [1.807, 2.05) is 46.7 Å². The van der Waals surface area contributed by atoms with Crippen molar-refractivity contribution < 1.29 is 9.59 Å². The molecule has 31 heavy (non-hydrogen) atoms. The molecule has 3 aromatic rings. The minimum Gasteiger partial charge on any atom is -0.348 e. The first-order chi connectivity index (χ1) is 14.9. The number of carbonyl (C=O) groups excluding carboxylic acids is 2. The van der Waals surface area contributed by atoms with Gasteiger partial charge in [0.15, 0.2) is 11.5 Å². The zero-order valence-electron chi connectivity index (χ0n) is 18.0. The highest BCUT2D eigenvalue weighted by molar-refractivity contribution is 5.94. The van der Waals surface area contributed by atoms with E-state index in [-0.39, 0.29) is 18.0 Å². The molecule has 9 heteroatoms. The molecule has 4 rings (SSSR count). The summed E-state index contributed by atoms with van der Waals surface area (Å²) in [6.45, 7) is 2.36. The summed E-state index contributed by atoms with van der Waals surface area (Å²) in [7, 11) is 5.52. The Bertz CT molecular complexity index is 1080. The van der Waals surface area contributed by atoms with Crippen molar-refractivity contribution in [1.29, 1.82) is 0 Å². The molecule has 1 saturated heterocycles. The summed E-state index contributed by atoms with van der Waals surface area (Å²) in [5.41, 5.74) is 2.24. The van der Waals surface area contributed by atoms with Crippen LogP contribution >= 0.6 is 0 Å². The third-order valence-corrected chi connectivity index (χ3v) is 5.59. The fourth-order valence-electron chi connectivity index (χ4n) is 3.76. The first kappa shape index (κ1) is 20.8. The SMILES string of the molecule is CN(C)C(=O)N1CCN(C)[C@H](c2nnc3ccc(C(=O)NCc4ccccc4)cn23)C1. The second-order valence-electron chi connectivity index (χ2n) is 7.99. The molecule has 1 N–H and O–H groups in total. The fraction of sp³-hybridized carbons (Fsp3) is 0.364. The van der Waals surface area contributed by atoms with Crippen LogP contribution in [0.3, 0.4) is 0 Å². The van der Waals surface area contributed by atoms with Gasteiger partial charge in [0.1, 0.15) is 0 Å². The molecule has 3 amide bonds. The predicted molar refractivity (Wildman–Crippen MR) is 117 cm³/mol. The van der Waals surface area contributed by atoms with Crippen LogP contribution in [0.5, 0.6) is 0 Å². The molecule has 1 aromatic carbocycles. The van der Waals surface area contributed by atoms with Gasteiger partial charge >= 0.3 is 6.03 Å². The molecule has 162 valence electrons. The van der Waals surface area contributed by atoms with Crippen molar-refractivity contribution in [2.24, 2.45) is 0 Å². The number of aromatic nitrogens is 3. The van der Waals surface area contributed by atoms with E-state index in [0.717, 1.165) is 12.1 Å². The Hall–Kier alpha value is -3.46. The van der Waals surface area contributed by atoms with Gasteiger partial charge in [0.25, 0.3) is 5.91 Å². The van der Waals surface area contributed by atoms with Crippen LogP contribution in [-0.4, -0.2) is 82.0 Å². The number of piperazine rings is 1. The lowest BCUT2D eigenvalue weighted by Gasteiger charge is -2.39. The molecule has 1 aliphatic rings. The summed E-state index contributed by atoms with van der Waals surface area (Å²) < 4.78 is 1.85. The molecule has 0 spiro atoms. The van der Waals surface area contributed by atoms with Gasteiger partial charge in [-0.3, -0.25) is 14.1 Å². The lowest BCUT2D eigenvalue weighted by Crippen LogP contribution is -2.52. The number of nitrogens with zero attached hydrogens (tertiary/aromatic N) is 6. The predicted octanol–water partition coefficient (Wildman–Crippen LogP) is 1.63. The van der Waals surface area contributed by atoms with Crippen molar-refractivity contribution in [2.75, 3.05) is 40.8 Å². The Labute approximate surface area is 181 Å². The van der Waals surface area contributed by atoms with E-state index in [2.05, 4.69) is 20.4 Å². The second-order valence-corrected chi connectivity index (χ2v) is 7.99. The summed E-state index contributed by atoms with van der Waals surface area (Å²) in [5.74, 6) is 0.554. The molecule has 2 aromatic heterocycles. The second kappa shape index (κ2) is 8.73. The summed E-state index contributed by atoms with van der Waals surface area (Å²) in [6.07, 6.45) is 1.77. The summed E-state index contributed by atoms with van der Waals surface area (Å²) >= 11 is 0. The van der Waals surface area contributed by atoms with Gasteiger partial charge in [-0.1, -0.05) is 30.3 Å². The van der Waals surface area contributed by atoms with Gasteiger partial charge in [0.2, 0.25) is 0 Å². The van der Waals surface area contributed by atoms with Crippen LogP contribution in [0, 0.1) is 0 Å². The summed E-state index contributed by atoms with van der Waals surface area (Å²) in [4.78, 5) is 30.7. The number of benzene rings is 1. The maximum absolute atomic E-state index is 12.7. The topological polar surface area (TPSA) is 86.1 Å². The Morgan fingerprint density at radius 2 is 1.87 bits per heavy atom. The number of hydrogen-bond acceptors (Lipinski definition) is 5. The number of likely N-dealkylation sites (N-methyl/N-ethyl adjacent to an activating group) is 1. The lowest BCUT2D eigenvalue weighted by molar-refractivity contribution is 0.0933. The Kier molecular flexibility index (Phi) is 5.85. The van der Waals surface area contributed by atoms with Crippen LogP contribution in [-0.2, 0) is 6.54 Å². The summed E-state index contributed by atoms with van der Waals surface area (Å²) in [5, 5.41) is 11.6. The van der Waals surface area contributed by atoms with Gasteiger partial charge in [0, 0.05) is 46.5 Å². The van der Waals surface area contributed by atoms with Crippen molar-refractivity contribution >= 4 is 17.6 Å². The van der Waals surface area contributed by atoms with Gasteiger partial charge < -0.3 is 15.1 Å². The number of amides is 3. The average molecular weight is 422 g/mol. The molecule has 0 bridgehead atoms. The van der Waals surface area contributed by atoms with Gasteiger partial charge in [-0.25, -0.2) is 4.79 Å². The highest BCUT2D eigenvalue weighted by atomic mass is 16.2. The molecule has 0 aliphatic carbocycles. The number of rotatable bonds is 4. The zero-order chi connectivity index (χ0) is 22.0. The van der Waals surface area contributed by atoms with E-state index in [4.69, 9.17) is 0 Å². The fourth-order valence-corrected chi connectivity index (χ4v) is 3.76. The maximum Gasteiger partial charge on any atom is 0.319 e. The van der Waals surface area contributed by atoms with Gasteiger partial charge in [-0.2, -0.15) is 0 Å². The van der Waals surface area contributed by atoms with E-state index in [1.54, 1.807) is 37.3 Å². The molecule has 9 nitrogen and oxygen atoms in total.